The van der Waals surface area contributed by atoms with Crippen LogP contribution in [-0.4, -0.2) is 57.6 Å². The molecule has 34 heavy (non-hydrogen) atoms. The number of rotatable bonds is 10. The van der Waals surface area contributed by atoms with E-state index in [4.69, 9.17) is 11.1 Å². The molecule has 11 heteroatoms. The Morgan fingerprint density at radius 1 is 1.24 bits per heavy atom. The summed E-state index contributed by atoms with van der Waals surface area (Å²) < 4.78 is 0. The number of carbonyl (C=O) groups excluding carboxylic acids is 3. The van der Waals surface area contributed by atoms with Gasteiger partial charge in [-0.05, 0) is 48.7 Å². The largest absolute Gasteiger partial charge is 0.481 e. The minimum atomic E-state index is -1.33. The van der Waals surface area contributed by atoms with Crippen LogP contribution in [0.1, 0.15) is 36.8 Å². The maximum absolute atomic E-state index is 12.7. The van der Waals surface area contributed by atoms with Crippen molar-refractivity contribution in [3.05, 3.63) is 59.9 Å². The van der Waals surface area contributed by atoms with E-state index < -0.39 is 29.7 Å². The van der Waals surface area contributed by atoms with Crippen molar-refractivity contribution in [1.82, 2.24) is 15.2 Å². The smallest absolute Gasteiger partial charge is 0.312 e. The number of nitrogens with zero attached hydrogens (tertiary/aromatic N) is 2. The van der Waals surface area contributed by atoms with Crippen LogP contribution in [0.2, 0.25) is 0 Å². The van der Waals surface area contributed by atoms with Gasteiger partial charge in [-0.2, -0.15) is 0 Å². The summed E-state index contributed by atoms with van der Waals surface area (Å²) in [6, 6.07) is 9.80. The third-order valence-electron chi connectivity index (χ3n) is 5.69. The van der Waals surface area contributed by atoms with Gasteiger partial charge in [-0.1, -0.05) is 6.07 Å². The van der Waals surface area contributed by atoms with Crippen molar-refractivity contribution in [1.29, 1.82) is 5.41 Å². The van der Waals surface area contributed by atoms with Gasteiger partial charge in [0.15, 0.2) is 0 Å². The van der Waals surface area contributed by atoms with Crippen LogP contribution in [0.4, 0.5) is 5.69 Å². The predicted molar refractivity (Wildman–Crippen MR) is 123 cm³/mol. The molecule has 1 unspecified atom stereocenters. The number of hydrogen-bond donors (Lipinski definition) is 5. The van der Waals surface area contributed by atoms with E-state index in [0.717, 1.165) is 0 Å². The SMILES string of the molecule is N=C(N)c1ccc(NC(=O)CCCC(CC(=O)O)(c2cccnc2)N2CCNC(=O)C2=O)cc1. The molecule has 0 radical (unpaired) electrons. The summed E-state index contributed by atoms with van der Waals surface area (Å²) in [5.74, 6) is -3.13. The minimum Gasteiger partial charge on any atom is -0.481 e. The van der Waals surface area contributed by atoms with E-state index in [1.165, 1.54) is 17.3 Å². The third-order valence-corrected chi connectivity index (χ3v) is 5.69. The van der Waals surface area contributed by atoms with Gasteiger partial charge in [0.1, 0.15) is 5.84 Å². The maximum atomic E-state index is 12.7. The van der Waals surface area contributed by atoms with Crippen molar-refractivity contribution in [3.63, 3.8) is 0 Å². The summed E-state index contributed by atoms with van der Waals surface area (Å²) in [6.07, 6.45) is 3.03. The van der Waals surface area contributed by atoms with Crippen molar-refractivity contribution in [2.24, 2.45) is 5.73 Å². The number of aromatic nitrogens is 1. The number of benzene rings is 1. The molecule has 0 spiro atoms. The Morgan fingerprint density at radius 3 is 2.59 bits per heavy atom. The highest BCUT2D eigenvalue weighted by Crippen LogP contribution is 2.38. The number of aliphatic carboxylic acids is 1. The first-order valence-corrected chi connectivity index (χ1v) is 10.7. The highest BCUT2D eigenvalue weighted by molar-refractivity contribution is 6.35. The van der Waals surface area contributed by atoms with Crippen LogP contribution in [0.5, 0.6) is 0 Å². The number of carboxylic acids is 1. The van der Waals surface area contributed by atoms with Gasteiger partial charge in [0.05, 0.1) is 12.0 Å². The molecule has 1 aromatic heterocycles. The molecule has 0 aliphatic carbocycles. The second-order valence-corrected chi connectivity index (χ2v) is 7.95. The van der Waals surface area contributed by atoms with Gasteiger partial charge in [0.25, 0.3) is 0 Å². The number of carboxylic acid groups (broad SMARTS) is 1. The van der Waals surface area contributed by atoms with Gasteiger partial charge in [0.2, 0.25) is 5.91 Å². The van der Waals surface area contributed by atoms with E-state index in [-0.39, 0.29) is 44.1 Å². The van der Waals surface area contributed by atoms with Crippen molar-refractivity contribution >= 4 is 35.2 Å². The molecule has 11 nitrogen and oxygen atoms in total. The Kier molecular flexibility index (Phi) is 7.57. The number of amides is 3. The Labute approximate surface area is 195 Å². The molecule has 1 saturated heterocycles. The Morgan fingerprint density at radius 2 is 1.97 bits per heavy atom. The van der Waals surface area contributed by atoms with Crippen molar-refractivity contribution in [3.8, 4) is 0 Å². The van der Waals surface area contributed by atoms with Gasteiger partial charge in [-0.3, -0.25) is 29.6 Å². The molecule has 6 N–H and O–H groups in total. The van der Waals surface area contributed by atoms with Crippen molar-refractivity contribution < 1.29 is 24.3 Å². The number of carbonyl (C=O) groups is 4. The number of hydrogen-bond acceptors (Lipinski definition) is 6. The van der Waals surface area contributed by atoms with Gasteiger partial charge in [-0.25, -0.2) is 0 Å². The first-order chi connectivity index (χ1) is 16.2. The lowest BCUT2D eigenvalue weighted by Gasteiger charge is -2.45. The van der Waals surface area contributed by atoms with Crippen molar-refractivity contribution in [2.75, 3.05) is 18.4 Å². The summed E-state index contributed by atoms with van der Waals surface area (Å²) in [5.41, 5.74) is 5.64. The lowest BCUT2D eigenvalue weighted by Crippen LogP contribution is -2.60. The molecule has 1 aromatic carbocycles. The summed E-state index contributed by atoms with van der Waals surface area (Å²) in [4.78, 5) is 54.6. The van der Waals surface area contributed by atoms with E-state index in [2.05, 4.69) is 15.6 Å². The zero-order valence-electron chi connectivity index (χ0n) is 18.4. The number of anilines is 1. The van der Waals surface area contributed by atoms with Gasteiger partial charge < -0.3 is 26.4 Å². The topological polar surface area (TPSA) is 179 Å². The highest BCUT2D eigenvalue weighted by Gasteiger charge is 2.46. The van der Waals surface area contributed by atoms with Crippen LogP contribution in [0, 0.1) is 5.41 Å². The highest BCUT2D eigenvalue weighted by atomic mass is 16.4. The molecule has 3 rings (SSSR count). The van der Waals surface area contributed by atoms with Gasteiger partial charge >= 0.3 is 17.8 Å². The van der Waals surface area contributed by atoms with Crippen LogP contribution in [0.15, 0.2) is 48.8 Å². The molecule has 1 aliphatic rings. The Hall–Kier alpha value is -4.28. The molecule has 1 fully saturated rings. The first-order valence-electron chi connectivity index (χ1n) is 10.7. The molecular formula is C23H26N6O5. The average molecular weight is 466 g/mol. The molecule has 0 saturated carbocycles. The fourth-order valence-corrected chi connectivity index (χ4v) is 4.10. The zero-order chi connectivity index (χ0) is 24.7. The van der Waals surface area contributed by atoms with Crippen molar-refractivity contribution in [2.45, 2.75) is 31.2 Å². The molecule has 1 atom stereocenters. The maximum Gasteiger partial charge on any atom is 0.312 e. The average Bonchev–Trinajstić information content (AvgIpc) is 2.81. The van der Waals surface area contributed by atoms with Crippen LogP contribution >= 0.6 is 0 Å². The predicted octanol–water partition coefficient (Wildman–Crippen LogP) is 0.803. The number of nitrogen functional groups attached to an aromatic ring is 1. The van der Waals surface area contributed by atoms with Crippen LogP contribution < -0.4 is 16.4 Å². The zero-order valence-corrected chi connectivity index (χ0v) is 18.4. The molecule has 2 heterocycles. The number of piperazine rings is 1. The number of nitrogens with two attached hydrogens (primary N) is 1. The van der Waals surface area contributed by atoms with E-state index >= 15 is 0 Å². The summed E-state index contributed by atoms with van der Waals surface area (Å²) in [6.45, 7) is 0.338. The Bertz CT molecular complexity index is 1090. The molecule has 3 amide bonds. The van der Waals surface area contributed by atoms with E-state index in [1.54, 1.807) is 36.4 Å². The molecule has 0 bridgehead atoms. The summed E-state index contributed by atoms with van der Waals surface area (Å²) in [5, 5.41) is 22.3. The lowest BCUT2D eigenvalue weighted by atomic mass is 9.80. The van der Waals surface area contributed by atoms with E-state index in [9.17, 15) is 24.3 Å². The normalized spacial score (nSPS) is 15.2. The van der Waals surface area contributed by atoms with Crippen LogP contribution in [0.25, 0.3) is 0 Å². The number of pyridine rings is 1. The Balaban J connectivity index is 1.79. The second-order valence-electron chi connectivity index (χ2n) is 7.95. The number of amidine groups is 1. The standard InChI is InChI=1S/C23H26N6O5/c24-20(25)15-5-7-17(8-6-15)28-18(30)4-1-9-23(13-19(31)32,16-3-2-10-26-14-16)29-12-11-27-21(33)22(29)34/h2-3,5-8,10,14H,1,4,9,11-13H2,(H3,24,25)(H,27,33)(H,28,30)(H,31,32). The summed E-state index contributed by atoms with van der Waals surface area (Å²) >= 11 is 0. The fourth-order valence-electron chi connectivity index (χ4n) is 4.10. The first kappa shape index (κ1) is 24.4. The van der Waals surface area contributed by atoms with E-state index in [0.29, 0.717) is 16.8 Å². The lowest BCUT2D eigenvalue weighted by molar-refractivity contribution is -0.157. The monoisotopic (exact) mass is 466 g/mol. The quantitative estimate of drug-likeness (QED) is 0.195. The molecule has 2 aromatic rings. The third kappa shape index (κ3) is 5.55. The van der Waals surface area contributed by atoms with Crippen LogP contribution in [0.3, 0.4) is 0 Å². The molecule has 1 aliphatic heterocycles. The molecular weight excluding hydrogens is 440 g/mol. The number of nitrogens with one attached hydrogen (secondary N) is 3. The second kappa shape index (κ2) is 10.6. The van der Waals surface area contributed by atoms with Gasteiger partial charge in [-0.15, -0.1) is 0 Å². The minimum absolute atomic E-state index is 0.0598. The van der Waals surface area contributed by atoms with E-state index in [1.807, 2.05) is 0 Å². The van der Waals surface area contributed by atoms with Crippen LogP contribution in [-0.2, 0) is 24.7 Å². The summed E-state index contributed by atoms with van der Waals surface area (Å²) in [7, 11) is 0. The van der Waals surface area contributed by atoms with Gasteiger partial charge in [0, 0.05) is 43.2 Å². The molecule has 178 valence electrons. The fraction of sp³-hybridized carbons (Fsp3) is 0.304.